The van der Waals surface area contributed by atoms with Crippen molar-refractivity contribution in [2.24, 2.45) is 0 Å². The van der Waals surface area contributed by atoms with Crippen molar-refractivity contribution >= 4 is 17.5 Å². The number of nitrogens with zero attached hydrogens (tertiary/aromatic N) is 2. The molecule has 2 aromatic rings. The van der Waals surface area contributed by atoms with Crippen molar-refractivity contribution in [3.05, 3.63) is 70.5 Å². The minimum Gasteiger partial charge on any atom is -0.355 e. The van der Waals surface area contributed by atoms with Gasteiger partial charge < -0.3 is 5.32 Å². The molecule has 0 atom stereocenters. The van der Waals surface area contributed by atoms with Gasteiger partial charge in [0.05, 0.1) is 6.54 Å². The normalized spacial score (nSPS) is 15.6. The Balaban J connectivity index is 1.35. The minimum absolute atomic E-state index is 0.0413. The Morgan fingerprint density at radius 3 is 2.52 bits per heavy atom. The Morgan fingerprint density at radius 2 is 1.78 bits per heavy atom. The first-order chi connectivity index (χ1) is 13.1. The third-order valence-electron chi connectivity index (χ3n) is 4.81. The highest BCUT2D eigenvalue weighted by molar-refractivity contribution is 6.30. The lowest BCUT2D eigenvalue weighted by Crippen LogP contribution is -2.49. The van der Waals surface area contributed by atoms with Gasteiger partial charge in [0, 0.05) is 49.9 Å². The summed E-state index contributed by atoms with van der Waals surface area (Å²) in [5.41, 5.74) is 1.84. The summed E-state index contributed by atoms with van der Waals surface area (Å²) < 4.78 is 13.8. The van der Waals surface area contributed by atoms with Crippen LogP contribution in [0, 0.1) is 5.82 Å². The van der Waals surface area contributed by atoms with E-state index in [2.05, 4.69) is 15.1 Å². The van der Waals surface area contributed by atoms with Crippen LogP contribution in [-0.2, 0) is 17.8 Å². The summed E-state index contributed by atoms with van der Waals surface area (Å²) in [6.45, 7) is 4.93. The van der Waals surface area contributed by atoms with E-state index in [4.69, 9.17) is 11.6 Å². The molecule has 0 radical (unpaired) electrons. The average molecular weight is 390 g/mol. The van der Waals surface area contributed by atoms with Crippen LogP contribution in [0.15, 0.2) is 48.5 Å². The van der Waals surface area contributed by atoms with Gasteiger partial charge in [0.15, 0.2) is 0 Å². The maximum Gasteiger partial charge on any atom is 0.234 e. The fourth-order valence-electron chi connectivity index (χ4n) is 3.27. The number of hydrogen-bond acceptors (Lipinski definition) is 3. The third kappa shape index (κ3) is 6.31. The number of nitrogens with one attached hydrogen (secondary N) is 1. The molecule has 27 heavy (non-hydrogen) atoms. The van der Waals surface area contributed by atoms with Gasteiger partial charge in [-0.2, -0.15) is 0 Å². The topological polar surface area (TPSA) is 35.6 Å². The van der Waals surface area contributed by atoms with E-state index in [1.165, 1.54) is 6.07 Å². The predicted molar refractivity (Wildman–Crippen MR) is 106 cm³/mol. The Morgan fingerprint density at radius 1 is 1.04 bits per heavy atom. The van der Waals surface area contributed by atoms with E-state index in [0.29, 0.717) is 24.7 Å². The summed E-state index contributed by atoms with van der Waals surface area (Å²) in [5, 5.41) is 3.68. The molecule has 1 aliphatic rings. The van der Waals surface area contributed by atoms with Gasteiger partial charge in [-0.3, -0.25) is 14.6 Å². The molecule has 1 saturated heterocycles. The van der Waals surface area contributed by atoms with Crippen LogP contribution in [0.1, 0.15) is 11.1 Å². The molecule has 0 aliphatic carbocycles. The standard InChI is InChI=1S/C21H25ClFN3O/c22-19-6-3-4-17(14-19)8-9-24-21(27)16-26-12-10-25(11-13-26)15-18-5-1-2-7-20(18)23/h1-7,14H,8-13,15-16H2,(H,24,27). The van der Waals surface area contributed by atoms with Crippen molar-refractivity contribution in [2.45, 2.75) is 13.0 Å². The number of piperazine rings is 1. The highest BCUT2D eigenvalue weighted by Gasteiger charge is 2.19. The van der Waals surface area contributed by atoms with E-state index in [9.17, 15) is 9.18 Å². The SMILES string of the molecule is O=C(CN1CCN(Cc2ccccc2F)CC1)NCCc1cccc(Cl)c1. The van der Waals surface area contributed by atoms with Crippen molar-refractivity contribution in [1.29, 1.82) is 0 Å². The molecule has 1 heterocycles. The number of rotatable bonds is 7. The van der Waals surface area contributed by atoms with Crippen molar-refractivity contribution < 1.29 is 9.18 Å². The summed E-state index contributed by atoms with van der Waals surface area (Å²) in [4.78, 5) is 16.5. The Kier molecular flexibility index (Phi) is 7.21. The average Bonchev–Trinajstić information content (AvgIpc) is 2.65. The molecule has 0 bridgehead atoms. The molecule has 2 aromatic carbocycles. The quantitative estimate of drug-likeness (QED) is 0.790. The lowest BCUT2D eigenvalue weighted by atomic mass is 10.1. The second-order valence-electron chi connectivity index (χ2n) is 6.87. The molecule has 1 N–H and O–H groups in total. The van der Waals surface area contributed by atoms with Gasteiger partial charge in [-0.1, -0.05) is 41.9 Å². The Hall–Kier alpha value is -1.95. The molecular formula is C21H25ClFN3O. The van der Waals surface area contributed by atoms with Gasteiger partial charge >= 0.3 is 0 Å². The number of hydrogen-bond donors (Lipinski definition) is 1. The van der Waals surface area contributed by atoms with Crippen LogP contribution in [0.2, 0.25) is 5.02 Å². The smallest absolute Gasteiger partial charge is 0.234 e. The number of carbonyl (C=O) groups excluding carboxylic acids is 1. The van der Waals surface area contributed by atoms with Crippen LogP contribution in [0.25, 0.3) is 0 Å². The van der Waals surface area contributed by atoms with Gasteiger partial charge in [0.25, 0.3) is 0 Å². The second kappa shape index (κ2) is 9.83. The van der Waals surface area contributed by atoms with E-state index >= 15 is 0 Å². The van der Waals surface area contributed by atoms with E-state index in [-0.39, 0.29) is 11.7 Å². The van der Waals surface area contributed by atoms with Crippen LogP contribution < -0.4 is 5.32 Å². The van der Waals surface area contributed by atoms with E-state index in [1.807, 2.05) is 36.4 Å². The maximum atomic E-state index is 13.8. The largest absolute Gasteiger partial charge is 0.355 e. The molecule has 0 unspecified atom stereocenters. The van der Waals surface area contributed by atoms with Crippen LogP contribution in [0.3, 0.4) is 0 Å². The molecule has 0 saturated carbocycles. The highest BCUT2D eigenvalue weighted by Crippen LogP contribution is 2.12. The first-order valence-corrected chi connectivity index (χ1v) is 9.67. The van der Waals surface area contributed by atoms with Crippen molar-refractivity contribution in [3.8, 4) is 0 Å². The molecule has 0 spiro atoms. The molecule has 4 nitrogen and oxygen atoms in total. The lowest BCUT2D eigenvalue weighted by molar-refractivity contribution is -0.122. The van der Waals surface area contributed by atoms with Gasteiger partial charge in [-0.15, -0.1) is 0 Å². The van der Waals surface area contributed by atoms with Crippen molar-refractivity contribution in [3.63, 3.8) is 0 Å². The maximum absolute atomic E-state index is 13.8. The molecule has 144 valence electrons. The first-order valence-electron chi connectivity index (χ1n) is 9.29. The van der Waals surface area contributed by atoms with Crippen LogP contribution in [-0.4, -0.2) is 55.0 Å². The Labute approximate surface area is 164 Å². The van der Waals surface area contributed by atoms with E-state index < -0.39 is 0 Å². The fraction of sp³-hybridized carbons (Fsp3) is 0.381. The lowest BCUT2D eigenvalue weighted by Gasteiger charge is -2.34. The van der Waals surface area contributed by atoms with Crippen LogP contribution in [0.5, 0.6) is 0 Å². The zero-order chi connectivity index (χ0) is 19.1. The molecular weight excluding hydrogens is 365 g/mol. The highest BCUT2D eigenvalue weighted by atomic mass is 35.5. The van der Waals surface area contributed by atoms with E-state index in [0.717, 1.165) is 43.7 Å². The van der Waals surface area contributed by atoms with Gasteiger partial charge in [0.2, 0.25) is 5.91 Å². The summed E-state index contributed by atoms with van der Waals surface area (Å²) in [7, 11) is 0. The Bertz CT molecular complexity index is 763. The van der Waals surface area contributed by atoms with Gasteiger partial charge in [-0.05, 0) is 30.2 Å². The fourth-order valence-corrected chi connectivity index (χ4v) is 3.48. The minimum atomic E-state index is -0.154. The third-order valence-corrected chi connectivity index (χ3v) is 5.04. The summed E-state index contributed by atoms with van der Waals surface area (Å²) in [6.07, 6.45) is 0.767. The molecule has 0 aromatic heterocycles. The van der Waals surface area contributed by atoms with Gasteiger partial charge in [-0.25, -0.2) is 4.39 Å². The summed E-state index contributed by atoms with van der Waals surface area (Å²) in [6, 6.07) is 14.6. The second-order valence-corrected chi connectivity index (χ2v) is 7.31. The molecule has 6 heteroatoms. The van der Waals surface area contributed by atoms with Crippen LogP contribution >= 0.6 is 11.6 Å². The first kappa shape index (κ1) is 19.8. The molecule has 1 fully saturated rings. The number of amides is 1. The molecule has 1 amide bonds. The zero-order valence-corrected chi connectivity index (χ0v) is 16.1. The molecule has 1 aliphatic heterocycles. The van der Waals surface area contributed by atoms with Crippen LogP contribution in [0.4, 0.5) is 4.39 Å². The monoisotopic (exact) mass is 389 g/mol. The van der Waals surface area contributed by atoms with Crippen molar-refractivity contribution in [2.75, 3.05) is 39.3 Å². The zero-order valence-electron chi connectivity index (χ0n) is 15.3. The molecule has 3 rings (SSSR count). The number of halogens is 2. The van der Waals surface area contributed by atoms with Gasteiger partial charge in [0.1, 0.15) is 5.82 Å². The number of carbonyl (C=O) groups is 1. The summed E-state index contributed by atoms with van der Waals surface area (Å²) >= 11 is 5.97. The number of benzene rings is 2. The van der Waals surface area contributed by atoms with Crippen molar-refractivity contribution in [1.82, 2.24) is 15.1 Å². The summed E-state index contributed by atoms with van der Waals surface area (Å²) in [5.74, 6) is -0.112. The van der Waals surface area contributed by atoms with E-state index in [1.54, 1.807) is 6.07 Å². The predicted octanol–water partition coefficient (Wildman–Crippen LogP) is 2.96.